The number of carboxylic acid groups (broad SMARTS) is 1. The lowest BCUT2D eigenvalue weighted by molar-refractivity contribution is -0.142. The third-order valence-corrected chi connectivity index (χ3v) is 6.92. The smallest absolute Gasteiger partial charge is 0.306 e. The van der Waals surface area contributed by atoms with E-state index in [1.165, 1.54) is 83.5 Å². The van der Waals surface area contributed by atoms with Gasteiger partial charge in [-0.2, -0.15) is 0 Å². The van der Waals surface area contributed by atoms with Crippen molar-refractivity contribution in [3.63, 3.8) is 0 Å². The Morgan fingerprint density at radius 1 is 0.531 bits per heavy atom. The van der Waals surface area contributed by atoms with Gasteiger partial charge in [-0.1, -0.05) is 129 Å². The highest BCUT2D eigenvalue weighted by atomic mass is 16.4. The number of rotatable bonds is 25. The van der Waals surface area contributed by atoms with E-state index in [1.54, 1.807) is 0 Å². The first-order valence-electron chi connectivity index (χ1n) is 14.0. The van der Waals surface area contributed by atoms with Crippen molar-refractivity contribution in [2.45, 2.75) is 155 Å². The Bertz CT molecular complexity index is 398. The Labute approximate surface area is 199 Å². The average molecular weight is 454 g/mol. The van der Waals surface area contributed by atoms with Crippen molar-refractivity contribution in [3.05, 3.63) is 0 Å². The Kier molecular flexibility index (Phi) is 22.3. The van der Waals surface area contributed by atoms with Crippen molar-refractivity contribution in [2.24, 2.45) is 17.6 Å². The zero-order valence-corrected chi connectivity index (χ0v) is 21.6. The van der Waals surface area contributed by atoms with E-state index in [2.05, 4.69) is 13.8 Å². The summed E-state index contributed by atoms with van der Waals surface area (Å²) in [7, 11) is 0. The van der Waals surface area contributed by atoms with Gasteiger partial charge < -0.3 is 10.8 Å². The molecule has 0 aromatic heterocycles. The summed E-state index contributed by atoms with van der Waals surface area (Å²) in [6, 6.07) is 0. The van der Waals surface area contributed by atoms with Crippen molar-refractivity contribution >= 4 is 11.9 Å². The molecule has 0 aromatic rings. The monoisotopic (exact) mass is 453 g/mol. The van der Waals surface area contributed by atoms with Gasteiger partial charge in [-0.15, -0.1) is 0 Å². The van der Waals surface area contributed by atoms with Crippen molar-refractivity contribution in [1.29, 1.82) is 0 Å². The fraction of sp³-hybridized carbons (Fsp3) is 0.929. The number of hydrogen-bond donors (Lipinski definition) is 2. The summed E-state index contributed by atoms with van der Waals surface area (Å²) >= 11 is 0. The Morgan fingerprint density at radius 3 is 1.12 bits per heavy atom. The van der Waals surface area contributed by atoms with E-state index in [0.29, 0.717) is 0 Å². The molecule has 0 aliphatic rings. The summed E-state index contributed by atoms with van der Waals surface area (Å²) in [5, 5.41) is 9.53. The van der Waals surface area contributed by atoms with E-state index in [4.69, 9.17) is 5.73 Å². The number of carboxylic acids is 1. The highest BCUT2D eigenvalue weighted by Crippen LogP contribution is 2.22. The first-order valence-corrected chi connectivity index (χ1v) is 14.0. The summed E-state index contributed by atoms with van der Waals surface area (Å²) < 4.78 is 0. The maximum absolute atomic E-state index is 11.8. The van der Waals surface area contributed by atoms with Crippen LogP contribution in [-0.4, -0.2) is 17.0 Å². The van der Waals surface area contributed by atoms with Crippen molar-refractivity contribution in [3.8, 4) is 0 Å². The maximum Gasteiger partial charge on any atom is 0.306 e. The highest BCUT2D eigenvalue weighted by Gasteiger charge is 2.18. The molecule has 0 aromatic carbocycles. The lowest BCUT2D eigenvalue weighted by Gasteiger charge is -2.15. The summed E-state index contributed by atoms with van der Waals surface area (Å²) in [4.78, 5) is 23.4. The molecule has 0 saturated heterocycles. The summed E-state index contributed by atoms with van der Waals surface area (Å²) in [6.45, 7) is 4.47. The predicted octanol–water partition coefficient (Wildman–Crippen LogP) is 8.41. The molecule has 32 heavy (non-hydrogen) atoms. The molecule has 0 rings (SSSR count). The first kappa shape index (κ1) is 30.9. The van der Waals surface area contributed by atoms with Crippen LogP contribution >= 0.6 is 0 Å². The number of aliphatic carboxylic acids is 1. The number of carbonyl (C=O) groups is 2. The van der Waals surface area contributed by atoms with Gasteiger partial charge in [-0.05, 0) is 25.7 Å². The SMILES string of the molecule is CCCCCCCCCCC(CCCCC(CCCCCCCCCC)C(=O)O)C(N)=O. The van der Waals surface area contributed by atoms with E-state index >= 15 is 0 Å². The van der Waals surface area contributed by atoms with Gasteiger partial charge in [0, 0.05) is 5.92 Å². The lowest BCUT2D eigenvalue weighted by Crippen LogP contribution is -2.23. The minimum absolute atomic E-state index is 0.0360. The fourth-order valence-electron chi connectivity index (χ4n) is 4.65. The van der Waals surface area contributed by atoms with Gasteiger partial charge in [0.1, 0.15) is 0 Å². The van der Waals surface area contributed by atoms with Crippen molar-refractivity contribution in [1.82, 2.24) is 0 Å². The van der Waals surface area contributed by atoms with Crippen LogP contribution in [0.1, 0.15) is 155 Å². The van der Waals surface area contributed by atoms with Crippen LogP contribution in [0.3, 0.4) is 0 Å². The Balaban J connectivity index is 3.87. The molecule has 4 heteroatoms. The summed E-state index contributed by atoms with van der Waals surface area (Å²) in [5.41, 5.74) is 5.62. The standard InChI is InChI=1S/C28H55NO3/c1-3-5-7-9-11-13-15-17-21-25(27(29)30)22-19-20-24-26(28(31)32)23-18-16-14-12-10-8-6-4-2/h25-26H,3-24H2,1-2H3,(H2,29,30)(H,31,32). The van der Waals surface area contributed by atoms with E-state index in [-0.39, 0.29) is 17.7 Å². The average Bonchev–Trinajstić information content (AvgIpc) is 2.76. The molecule has 1 amide bonds. The molecule has 0 spiro atoms. The first-order chi connectivity index (χ1) is 15.5. The van der Waals surface area contributed by atoms with Gasteiger partial charge in [0.25, 0.3) is 0 Å². The van der Waals surface area contributed by atoms with Gasteiger partial charge in [0.15, 0.2) is 0 Å². The van der Waals surface area contributed by atoms with Crippen LogP contribution in [0, 0.1) is 11.8 Å². The second-order valence-corrected chi connectivity index (χ2v) is 9.95. The van der Waals surface area contributed by atoms with Crippen LogP contribution in [-0.2, 0) is 9.59 Å². The van der Waals surface area contributed by atoms with Crippen molar-refractivity contribution in [2.75, 3.05) is 0 Å². The van der Waals surface area contributed by atoms with Crippen LogP contribution in [0.25, 0.3) is 0 Å². The van der Waals surface area contributed by atoms with Crippen LogP contribution in [0.5, 0.6) is 0 Å². The molecular weight excluding hydrogens is 398 g/mol. The molecule has 0 heterocycles. The molecular formula is C28H55NO3. The third-order valence-electron chi connectivity index (χ3n) is 6.92. The molecule has 0 aliphatic carbocycles. The molecule has 0 aliphatic heterocycles. The zero-order valence-electron chi connectivity index (χ0n) is 21.6. The molecule has 0 radical (unpaired) electrons. The highest BCUT2D eigenvalue weighted by molar-refractivity contribution is 5.76. The number of amides is 1. The van der Waals surface area contributed by atoms with Crippen LogP contribution < -0.4 is 5.73 Å². The van der Waals surface area contributed by atoms with Gasteiger partial charge in [0.05, 0.1) is 5.92 Å². The lowest BCUT2D eigenvalue weighted by atomic mass is 9.91. The molecule has 0 saturated carbocycles. The molecule has 190 valence electrons. The fourth-order valence-corrected chi connectivity index (χ4v) is 4.65. The Hall–Kier alpha value is -1.06. The van der Waals surface area contributed by atoms with Gasteiger partial charge >= 0.3 is 5.97 Å². The number of carbonyl (C=O) groups excluding carboxylic acids is 1. The quantitative estimate of drug-likeness (QED) is 0.136. The summed E-state index contributed by atoms with van der Waals surface area (Å²) in [5.74, 6) is -1.10. The minimum atomic E-state index is -0.654. The minimum Gasteiger partial charge on any atom is -0.481 e. The third kappa shape index (κ3) is 19.6. The van der Waals surface area contributed by atoms with E-state index in [9.17, 15) is 14.7 Å². The topological polar surface area (TPSA) is 80.4 Å². The van der Waals surface area contributed by atoms with Gasteiger partial charge in [0.2, 0.25) is 5.91 Å². The van der Waals surface area contributed by atoms with Gasteiger partial charge in [-0.3, -0.25) is 9.59 Å². The van der Waals surface area contributed by atoms with E-state index in [1.807, 2.05) is 0 Å². The molecule has 3 N–H and O–H groups in total. The Morgan fingerprint density at radius 2 is 0.812 bits per heavy atom. The molecule has 2 atom stereocenters. The number of unbranched alkanes of at least 4 members (excludes halogenated alkanes) is 15. The zero-order chi connectivity index (χ0) is 23.9. The normalized spacial score (nSPS) is 13.2. The molecule has 4 nitrogen and oxygen atoms in total. The largest absolute Gasteiger partial charge is 0.481 e. The molecule has 0 fully saturated rings. The number of nitrogens with two attached hydrogens (primary N) is 1. The second kappa shape index (κ2) is 23.1. The number of primary amides is 1. The maximum atomic E-state index is 11.8. The summed E-state index contributed by atoms with van der Waals surface area (Å²) in [6.07, 6.45) is 25.1. The van der Waals surface area contributed by atoms with E-state index < -0.39 is 5.97 Å². The van der Waals surface area contributed by atoms with Gasteiger partial charge in [-0.25, -0.2) is 0 Å². The van der Waals surface area contributed by atoms with Crippen LogP contribution in [0.4, 0.5) is 0 Å². The van der Waals surface area contributed by atoms with Crippen LogP contribution in [0.15, 0.2) is 0 Å². The second-order valence-electron chi connectivity index (χ2n) is 9.95. The van der Waals surface area contributed by atoms with E-state index in [0.717, 1.165) is 57.8 Å². The predicted molar refractivity (Wildman–Crippen MR) is 137 cm³/mol. The molecule has 2 unspecified atom stereocenters. The number of hydrogen-bond acceptors (Lipinski definition) is 2. The van der Waals surface area contributed by atoms with Crippen molar-refractivity contribution < 1.29 is 14.7 Å². The molecule has 0 bridgehead atoms. The van der Waals surface area contributed by atoms with Crippen LogP contribution in [0.2, 0.25) is 0 Å².